The predicted octanol–water partition coefficient (Wildman–Crippen LogP) is 2.39. The molecule has 1 fully saturated rings. The lowest BCUT2D eigenvalue weighted by Crippen LogP contribution is -2.41. The maximum Gasteiger partial charge on any atom is 0.255 e. The second-order valence-electron chi connectivity index (χ2n) is 6.71. The van der Waals surface area contributed by atoms with Gasteiger partial charge in [0.25, 0.3) is 5.91 Å². The fourth-order valence-corrected chi connectivity index (χ4v) is 3.42. The SMILES string of the molecule is CCN(c1ccc(C(=O)N2CCC[C@H](n3cncn3)C2)cn1)C(C)C. The Balaban J connectivity index is 1.70. The highest BCUT2D eigenvalue weighted by molar-refractivity contribution is 5.94. The Morgan fingerprint density at radius 1 is 1.40 bits per heavy atom. The molecule has 1 aliphatic heterocycles. The van der Waals surface area contributed by atoms with Crippen LogP contribution >= 0.6 is 0 Å². The minimum atomic E-state index is 0.0384. The standard InChI is InChI=1S/C18H26N6O/c1-4-23(14(2)3)17-8-7-15(10-20-17)18(25)22-9-5-6-16(11-22)24-13-19-12-21-24/h7-8,10,12-14,16H,4-6,9,11H2,1-3H3/t16-/m0/s1. The Hall–Kier alpha value is -2.44. The van der Waals surface area contributed by atoms with Crippen LogP contribution in [0.4, 0.5) is 5.82 Å². The molecule has 2 aromatic rings. The third-order valence-electron chi connectivity index (χ3n) is 4.75. The summed E-state index contributed by atoms with van der Waals surface area (Å²) in [6.07, 6.45) is 6.95. The van der Waals surface area contributed by atoms with E-state index in [1.54, 1.807) is 12.5 Å². The summed E-state index contributed by atoms with van der Waals surface area (Å²) >= 11 is 0. The fraction of sp³-hybridized carbons (Fsp3) is 0.556. The van der Waals surface area contributed by atoms with Gasteiger partial charge in [0.2, 0.25) is 0 Å². The predicted molar refractivity (Wildman–Crippen MR) is 96.6 cm³/mol. The molecular formula is C18H26N6O. The van der Waals surface area contributed by atoms with E-state index in [0.29, 0.717) is 18.2 Å². The number of carbonyl (C=O) groups excluding carboxylic acids is 1. The molecule has 0 spiro atoms. The lowest BCUT2D eigenvalue weighted by atomic mass is 10.0. The van der Waals surface area contributed by atoms with Crippen LogP contribution < -0.4 is 4.90 Å². The number of piperidine rings is 1. The number of anilines is 1. The minimum absolute atomic E-state index is 0.0384. The number of hydrogen-bond donors (Lipinski definition) is 0. The molecule has 7 heteroatoms. The van der Waals surface area contributed by atoms with E-state index in [0.717, 1.165) is 31.7 Å². The zero-order valence-electron chi connectivity index (χ0n) is 15.2. The monoisotopic (exact) mass is 342 g/mol. The third-order valence-corrected chi connectivity index (χ3v) is 4.75. The molecule has 2 aromatic heterocycles. The van der Waals surface area contributed by atoms with Gasteiger partial charge in [-0.2, -0.15) is 5.10 Å². The molecule has 0 N–H and O–H groups in total. The maximum atomic E-state index is 12.8. The zero-order valence-corrected chi connectivity index (χ0v) is 15.2. The first-order valence-corrected chi connectivity index (χ1v) is 8.96. The highest BCUT2D eigenvalue weighted by atomic mass is 16.2. The first-order valence-electron chi connectivity index (χ1n) is 8.96. The van der Waals surface area contributed by atoms with Crippen molar-refractivity contribution in [3.05, 3.63) is 36.5 Å². The van der Waals surface area contributed by atoms with Crippen LogP contribution in [0.15, 0.2) is 31.0 Å². The number of amides is 1. The molecule has 0 unspecified atom stereocenters. The largest absolute Gasteiger partial charge is 0.354 e. The molecule has 25 heavy (non-hydrogen) atoms. The highest BCUT2D eigenvalue weighted by Gasteiger charge is 2.26. The first kappa shape index (κ1) is 17.4. The van der Waals surface area contributed by atoms with E-state index in [1.165, 1.54) is 6.33 Å². The zero-order chi connectivity index (χ0) is 17.8. The molecule has 3 rings (SSSR count). The van der Waals surface area contributed by atoms with Crippen LogP contribution in [-0.4, -0.2) is 56.2 Å². The number of pyridine rings is 1. The number of carbonyl (C=O) groups is 1. The number of aromatic nitrogens is 4. The van der Waals surface area contributed by atoms with Crippen LogP contribution in [0.2, 0.25) is 0 Å². The van der Waals surface area contributed by atoms with Crippen molar-refractivity contribution in [3.8, 4) is 0 Å². The van der Waals surface area contributed by atoms with Crippen molar-refractivity contribution in [3.63, 3.8) is 0 Å². The van der Waals surface area contributed by atoms with E-state index in [9.17, 15) is 4.79 Å². The second kappa shape index (κ2) is 7.63. The third kappa shape index (κ3) is 3.81. The van der Waals surface area contributed by atoms with Gasteiger partial charge in [0.1, 0.15) is 18.5 Å². The van der Waals surface area contributed by atoms with E-state index >= 15 is 0 Å². The highest BCUT2D eigenvalue weighted by Crippen LogP contribution is 2.22. The van der Waals surface area contributed by atoms with E-state index in [1.807, 2.05) is 21.7 Å². The average Bonchev–Trinajstić information content (AvgIpc) is 3.17. The molecule has 0 bridgehead atoms. The summed E-state index contributed by atoms with van der Waals surface area (Å²) in [5.74, 6) is 0.949. The van der Waals surface area contributed by atoms with Crippen LogP contribution in [0, 0.1) is 0 Å². The lowest BCUT2D eigenvalue weighted by Gasteiger charge is -2.32. The van der Waals surface area contributed by atoms with Gasteiger partial charge in [-0.15, -0.1) is 0 Å². The Morgan fingerprint density at radius 3 is 2.84 bits per heavy atom. The van der Waals surface area contributed by atoms with Crippen molar-refractivity contribution >= 4 is 11.7 Å². The number of hydrogen-bond acceptors (Lipinski definition) is 5. The van der Waals surface area contributed by atoms with Crippen molar-refractivity contribution < 1.29 is 4.79 Å². The maximum absolute atomic E-state index is 12.8. The van der Waals surface area contributed by atoms with Gasteiger partial charge in [0.15, 0.2) is 0 Å². The Bertz CT molecular complexity index is 682. The summed E-state index contributed by atoms with van der Waals surface area (Å²) in [4.78, 5) is 25.4. The average molecular weight is 342 g/mol. The minimum Gasteiger partial charge on any atom is -0.354 e. The topological polar surface area (TPSA) is 67.2 Å². The summed E-state index contributed by atoms with van der Waals surface area (Å²) in [6, 6.07) is 4.40. The van der Waals surface area contributed by atoms with E-state index < -0.39 is 0 Å². The molecular weight excluding hydrogens is 316 g/mol. The van der Waals surface area contributed by atoms with Crippen molar-refractivity contribution in [1.29, 1.82) is 0 Å². The van der Waals surface area contributed by atoms with Gasteiger partial charge in [0.05, 0.1) is 11.6 Å². The smallest absolute Gasteiger partial charge is 0.255 e. The number of likely N-dealkylation sites (tertiary alicyclic amines) is 1. The molecule has 1 amide bonds. The number of rotatable bonds is 5. The Morgan fingerprint density at radius 2 is 2.24 bits per heavy atom. The molecule has 134 valence electrons. The second-order valence-corrected chi connectivity index (χ2v) is 6.71. The summed E-state index contributed by atoms with van der Waals surface area (Å²) < 4.78 is 1.85. The van der Waals surface area contributed by atoms with Gasteiger partial charge >= 0.3 is 0 Å². The molecule has 0 radical (unpaired) electrons. The summed E-state index contributed by atoms with van der Waals surface area (Å²) in [5, 5.41) is 4.21. The van der Waals surface area contributed by atoms with Gasteiger partial charge in [-0.1, -0.05) is 0 Å². The molecule has 0 aliphatic carbocycles. The van der Waals surface area contributed by atoms with Crippen molar-refractivity contribution in [2.75, 3.05) is 24.5 Å². The van der Waals surface area contributed by atoms with Gasteiger partial charge in [-0.25, -0.2) is 14.6 Å². The molecule has 3 heterocycles. The van der Waals surface area contributed by atoms with Crippen LogP contribution in [-0.2, 0) is 0 Å². The molecule has 0 aromatic carbocycles. The van der Waals surface area contributed by atoms with Crippen LogP contribution in [0.3, 0.4) is 0 Å². The fourth-order valence-electron chi connectivity index (χ4n) is 3.42. The number of nitrogens with zero attached hydrogens (tertiary/aromatic N) is 6. The summed E-state index contributed by atoms with van der Waals surface area (Å²) in [7, 11) is 0. The van der Waals surface area contributed by atoms with E-state index in [2.05, 4.69) is 40.7 Å². The quantitative estimate of drug-likeness (QED) is 0.834. The van der Waals surface area contributed by atoms with E-state index in [-0.39, 0.29) is 11.9 Å². The van der Waals surface area contributed by atoms with Gasteiger partial charge in [-0.3, -0.25) is 4.79 Å². The lowest BCUT2D eigenvalue weighted by molar-refractivity contribution is 0.0672. The first-order chi connectivity index (χ1) is 12.1. The normalized spacial score (nSPS) is 17.8. The molecule has 0 saturated carbocycles. The van der Waals surface area contributed by atoms with Crippen LogP contribution in [0.1, 0.15) is 50.0 Å². The molecule has 7 nitrogen and oxygen atoms in total. The van der Waals surface area contributed by atoms with Crippen molar-refractivity contribution in [2.45, 2.75) is 45.7 Å². The molecule has 1 aliphatic rings. The van der Waals surface area contributed by atoms with Crippen molar-refractivity contribution in [1.82, 2.24) is 24.6 Å². The van der Waals surface area contributed by atoms with Gasteiger partial charge in [-0.05, 0) is 45.7 Å². The summed E-state index contributed by atoms with van der Waals surface area (Å²) in [6.45, 7) is 8.73. The van der Waals surface area contributed by atoms with Gasteiger partial charge < -0.3 is 9.80 Å². The van der Waals surface area contributed by atoms with Gasteiger partial charge in [0, 0.05) is 31.9 Å². The molecule has 1 atom stereocenters. The van der Waals surface area contributed by atoms with Crippen LogP contribution in [0.5, 0.6) is 0 Å². The Labute approximate surface area is 148 Å². The van der Waals surface area contributed by atoms with Crippen LogP contribution in [0.25, 0.3) is 0 Å². The van der Waals surface area contributed by atoms with Crippen molar-refractivity contribution in [2.24, 2.45) is 0 Å². The van der Waals surface area contributed by atoms with E-state index in [4.69, 9.17) is 0 Å². The Kier molecular flexibility index (Phi) is 5.31. The summed E-state index contributed by atoms with van der Waals surface area (Å²) in [5.41, 5.74) is 0.641. The molecule has 1 saturated heterocycles.